The minimum atomic E-state index is -0.154. The predicted octanol–water partition coefficient (Wildman–Crippen LogP) is 1.87. The van der Waals surface area contributed by atoms with Gasteiger partial charge in [0.15, 0.2) is 5.69 Å². The van der Waals surface area contributed by atoms with Crippen LogP contribution in [0.3, 0.4) is 0 Å². The van der Waals surface area contributed by atoms with Gasteiger partial charge in [0.2, 0.25) is 0 Å². The molecule has 0 spiro atoms. The molecule has 0 bridgehead atoms. The lowest BCUT2D eigenvalue weighted by Crippen LogP contribution is -2.35. The van der Waals surface area contributed by atoms with Gasteiger partial charge in [-0.3, -0.25) is 9.89 Å². The number of halogens is 1. The Morgan fingerprint density at radius 3 is 2.71 bits per heavy atom. The van der Waals surface area contributed by atoms with Gasteiger partial charge < -0.3 is 9.64 Å². The van der Waals surface area contributed by atoms with Gasteiger partial charge in [-0.05, 0) is 13.3 Å². The second-order valence-corrected chi connectivity index (χ2v) is 4.17. The highest BCUT2D eigenvalue weighted by Gasteiger charge is 2.21. The van der Waals surface area contributed by atoms with Crippen LogP contribution in [0.4, 0.5) is 0 Å². The Bertz CT molecular complexity index is 379. The van der Waals surface area contributed by atoms with Crippen LogP contribution in [0.5, 0.6) is 0 Å². The fourth-order valence-corrected chi connectivity index (χ4v) is 1.66. The predicted molar refractivity (Wildman–Crippen MR) is 66.4 cm³/mol. The zero-order valence-electron chi connectivity index (χ0n) is 10.4. The molecule has 0 aromatic carbocycles. The average molecular weight is 260 g/mol. The maximum atomic E-state index is 12.2. The minimum Gasteiger partial charge on any atom is -0.383 e. The molecule has 1 aromatic rings. The first kappa shape index (κ1) is 14.0. The number of aromatic amines is 1. The quantitative estimate of drug-likeness (QED) is 0.849. The molecular weight excluding hydrogens is 242 g/mol. The number of aryl methyl sites for hydroxylation is 1. The molecule has 0 saturated carbocycles. The van der Waals surface area contributed by atoms with Crippen molar-refractivity contribution in [1.82, 2.24) is 15.1 Å². The molecule has 0 aliphatic heterocycles. The van der Waals surface area contributed by atoms with Crippen LogP contribution >= 0.6 is 11.6 Å². The van der Waals surface area contributed by atoms with Crippen molar-refractivity contribution in [3.05, 3.63) is 16.4 Å². The number of hydrogen-bond donors (Lipinski definition) is 1. The van der Waals surface area contributed by atoms with E-state index in [1.54, 1.807) is 18.9 Å². The number of H-pyrrole nitrogens is 1. The van der Waals surface area contributed by atoms with E-state index in [0.29, 0.717) is 30.4 Å². The molecule has 1 N–H and O–H groups in total. The molecule has 0 saturated heterocycles. The van der Waals surface area contributed by atoms with E-state index in [0.717, 1.165) is 6.42 Å². The summed E-state index contributed by atoms with van der Waals surface area (Å²) >= 11 is 6.01. The summed E-state index contributed by atoms with van der Waals surface area (Å²) in [6.45, 7) is 5.53. The Kier molecular flexibility index (Phi) is 5.44. The third-order valence-corrected chi connectivity index (χ3v) is 2.88. The van der Waals surface area contributed by atoms with Gasteiger partial charge >= 0.3 is 0 Å². The number of nitrogens with one attached hydrogen (secondary N) is 1. The van der Waals surface area contributed by atoms with Gasteiger partial charge in [-0.25, -0.2) is 0 Å². The topological polar surface area (TPSA) is 58.2 Å². The first-order chi connectivity index (χ1) is 8.11. The first-order valence-electron chi connectivity index (χ1n) is 5.60. The molecule has 1 aromatic heterocycles. The molecule has 1 rings (SSSR count). The van der Waals surface area contributed by atoms with Gasteiger partial charge in [-0.15, -0.1) is 0 Å². The first-order valence-corrected chi connectivity index (χ1v) is 5.98. The summed E-state index contributed by atoms with van der Waals surface area (Å²) in [6, 6.07) is 0. The maximum absolute atomic E-state index is 12.2. The van der Waals surface area contributed by atoms with Crippen molar-refractivity contribution < 1.29 is 9.53 Å². The summed E-state index contributed by atoms with van der Waals surface area (Å²) in [4.78, 5) is 13.9. The third kappa shape index (κ3) is 3.44. The van der Waals surface area contributed by atoms with Crippen LogP contribution in [0.25, 0.3) is 0 Å². The van der Waals surface area contributed by atoms with Crippen LogP contribution in [0.15, 0.2) is 0 Å². The number of methoxy groups -OCH3 is 1. The van der Waals surface area contributed by atoms with Crippen molar-refractivity contribution in [2.24, 2.45) is 0 Å². The summed E-state index contributed by atoms with van der Waals surface area (Å²) in [5.74, 6) is -0.154. The summed E-state index contributed by atoms with van der Waals surface area (Å²) in [5.41, 5.74) is 0.993. The number of carbonyl (C=O) groups is 1. The summed E-state index contributed by atoms with van der Waals surface area (Å²) in [5, 5.41) is 7.04. The fraction of sp³-hybridized carbons (Fsp3) is 0.636. The van der Waals surface area contributed by atoms with E-state index in [1.165, 1.54) is 0 Å². The van der Waals surface area contributed by atoms with E-state index in [-0.39, 0.29) is 11.6 Å². The second kappa shape index (κ2) is 6.61. The van der Waals surface area contributed by atoms with Gasteiger partial charge in [0.05, 0.1) is 17.3 Å². The van der Waals surface area contributed by atoms with Crippen molar-refractivity contribution in [3.63, 3.8) is 0 Å². The number of carbonyl (C=O) groups excluding carboxylic acids is 1. The number of ether oxygens (including phenoxy) is 1. The van der Waals surface area contributed by atoms with Crippen molar-refractivity contribution in [1.29, 1.82) is 0 Å². The zero-order valence-corrected chi connectivity index (χ0v) is 11.2. The molecule has 0 aliphatic carbocycles. The number of aromatic nitrogens is 2. The molecule has 5 nitrogen and oxygen atoms in total. The highest BCUT2D eigenvalue weighted by molar-refractivity contribution is 6.34. The van der Waals surface area contributed by atoms with Gasteiger partial charge in [-0.2, -0.15) is 5.10 Å². The normalized spacial score (nSPS) is 10.6. The summed E-state index contributed by atoms with van der Waals surface area (Å²) < 4.78 is 4.99. The van der Waals surface area contributed by atoms with E-state index in [1.807, 2.05) is 6.92 Å². The molecule has 0 unspecified atom stereocenters. The van der Waals surface area contributed by atoms with Crippen molar-refractivity contribution in [2.75, 3.05) is 26.8 Å². The van der Waals surface area contributed by atoms with Crippen molar-refractivity contribution >= 4 is 17.5 Å². The molecule has 17 heavy (non-hydrogen) atoms. The van der Waals surface area contributed by atoms with E-state index in [2.05, 4.69) is 10.2 Å². The summed E-state index contributed by atoms with van der Waals surface area (Å²) in [6.07, 6.45) is 0.885. The monoisotopic (exact) mass is 259 g/mol. The SMILES string of the molecule is CCCN(CCOC)C(=O)c1n[nH]c(C)c1Cl. The number of rotatable bonds is 6. The van der Waals surface area contributed by atoms with Gasteiger partial charge in [0, 0.05) is 20.2 Å². The van der Waals surface area contributed by atoms with Crippen LogP contribution in [0.2, 0.25) is 5.02 Å². The fourth-order valence-electron chi connectivity index (χ4n) is 1.49. The van der Waals surface area contributed by atoms with Crippen molar-refractivity contribution in [3.8, 4) is 0 Å². The average Bonchev–Trinajstić information content (AvgIpc) is 2.65. The highest BCUT2D eigenvalue weighted by atomic mass is 35.5. The van der Waals surface area contributed by atoms with E-state index in [4.69, 9.17) is 16.3 Å². The van der Waals surface area contributed by atoms with E-state index >= 15 is 0 Å². The third-order valence-electron chi connectivity index (χ3n) is 2.42. The van der Waals surface area contributed by atoms with Crippen LogP contribution in [0.1, 0.15) is 29.5 Å². The maximum Gasteiger partial charge on any atom is 0.275 e. The van der Waals surface area contributed by atoms with Crippen LogP contribution in [0, 0.1) is 6.92 Å². The Morgan fingerprint density at radius 1 is 1.53 bits per heavy atom. The molecule has 1 heterocycles. The Labute approximate surface area is 106 Å². The number of amides is 1. The number of hydrogen-bond acceptors (Lipinski definition) is 3. The number of nitrogens with zero attached hydrogens (tertiary/aromatic N) is 2. The van der Waals surface area contributed by atoms with Gasteiger partial charge in [0.1, 0.15) is 0 Å². The highest BCUT2D eigenvalue weighted by Crippen LogP contribution is 2.18. The molecule has 96 valence electrons. The largest absolute Gasteiger partial charge is 0.383 e. The van der Waals surface area contributed by atoms with Gasteiger partial charge in [0.25, 0.3) is 5.91 Å². The zero-order chi connectivity index (χ0) is 12.8. The lowest BCUT2D eigenvalue weighted by atomic mass is 10.3. The van der Waals surface area contributed by atoms with Crippen LogP contribution in [-0.4, -0.2) is 47.8 Å². The molecule has 0 radical (unpaired) electrons. The van der Waals surface area contributed by atoms with Crippen molar-refractivity contribution in [2.45, 2.75) is 20.3 Å². The molecule has 1 amide bonds. The van der Waals surface area contributed by atoms with Crippen LogP contribution in [-0.2, 0) is 4.74 Å². The van der Waals surface area contributed by atoms with Crippen LogP contribution < -0.4 is 0 Å². The molecule has 0 atom stereocenters. The van der Waals surface area contributed by atoms with E-state index < -0.39 is 0 Å². The minimum absolute atomic E-state index is 0.154. The Balaban J connectivity index is 2.80. The molecule has 0 aliphatic rings. The Morgan fingerprint density at radius 2 is 2.24 bits per heavy atom. The second-order valence-electron chi connectivity index (χ2n) is 3.80. The lowest BCUT2D eigenvalue weighted by molar-refractivity contribution is 0.0690. The standard InChI is InChI=1S/C11H18ClN3O2/c1-4-5-15(6-7-17-3)11(16)10-9(12)8(2)13-14-10/h4-7H2,1-3H3,(H,13,14). The van der Waals surface area contributed by atoms with E-state index in [9.17, 15) is 4.79 Å². The lowest BCUT2D eigenvalue weighted by Gasteiger charge is -2.20. The molecular formula is C11H18ClN3O2. The smallest absolute Gasteiger partial charge is 0.275 e. The van der Waals surface area contributed by atoms with Gasteiger partial charge in [-0.1, -0.05) is 18.5 Å². The Hall–Kier alpha value is -1.07. The molecule has 6 heteroatoms. The summed E-state index contributed by atoms with van der Waals surface area (Å²) in [7, 11) is 1.61. The molecule has 0 fully saturated rings.